The number of aryl methyl sites for hydroxylation is 2. The van der Waals surface area contributed by atoms with Crippen molar-refractivity contribution in [3.63, 3.8) is 0 Å². The lowest BCUT2D eigenvalue weighted by atomic mass is 10.0. The van der Waals surface area contributed by atoms with E-state index >= 15 is 0 Å². The first kappa shape index (κ1) is 14.8. The number of piperazine rings is 1. The van der Waals surface area contributed by atoms with Crippen molar-refractivity contribution in [1.29, 1.82) is 0 Å². The van der Waals surface area contributed by atoms with E-state index in [4.69, 9.17) is 0 Å². The van der Waals surface area contributed by atoms with Gasteiger partial charge in [0, 0.05) is 25.3 Å². The van der Waals surface area contributed by atoms with E-state index in [1.807, 2.05) is 35.2 Å². The lowest BCUT2D eigenvalue weighted by molar-refractivity contribution is -0.121. The van der Waals surface area contributed by atoms with Crippen molar-refractivity contribution in [2.24, 2.45) is 0 Å². The van der Waals surface area contributed by atoms with Gasteiger partial charge in [-0.2, -0.15) is 0 Å². The van der Waals surface area contributed by atoms with Crippen LogP contribution < -0.4 is 4.90 Å². The molecule has 1 heterocycles. The first-order valence-electron chi connectivity index (χ1n) is 7.77. The van der Waals surface area contributed by atoms with Crippen molar-refractivity contribution in [3.05, 3.63) is 65.2 Å². The largest absolute Gasteiger partial charge is 0.310 e. The van der Waals surface area contributed by atoms with Gasteiger partial charge in [0.05, 0.1) is 6.54 Å². The van der Waals surface area contributed by atoms with Gasteiger partial charge in [-0.1, -0.05) is 42.0 Å². The highest BCUT2D eigenvalue weighted by Gasteiger charge is 2.25. The molecule has 0 radical (unpaired) electrons. The third-order valence-electron chi connectivity index (χ3n) is 4.27. The molecule has 3 heteroatoms. The zero-order valence-electron chi connectivity index (χ0n) is 13.2. The Hall–Kier alpha value is -2.13. The van der Waals surface area contributed by atoms with E-state index < -0.39 is 0 Å². The first-order chi connectivity index (χ1) is 10.6. The Kier molecular flexibility index (Phi) is 4.25. The van der Waals surface area contributed by atoms with Gasteiger partial charge >= 0.3 is 0 Å². The second kappa shape index (κ2) is 6.32. The highest BCUT2D eigenvalue weighted by molar-refractivity contribution is 5.95. The van der Waals surface area contributed by atoms with Crippen LogP contribution in [-0.4, -0.2) is 30.4 Å². The van der Waals surface area contributed by atoms with Gasteiger partial charge in [-0.25, -0.2) is 0 Å². The number of anilines is 1. The summed E-state index contributed by atoms with van der Waals surface area (Å²) in [5.74, 6) is 0.183. The minimum absolute atomic E-state index is 0.183. The zero-order valence-corrected chi connectivity index (χ0v) is 13.2. The van der Waals surface area contributed by atoms with Gasteiger partial charge < -0.3 is 4.90 Å². The number of rotatable bonds is 3. The average molecular weight is 294 g/mol. The maximum Gasteiger partial charge on any atom is 0.241 e. The quantitative estimate of drug-likeness (QED) is 0.868. The fraction of sp³-hybridized carbons (Fsp3) is 0.316. The summed E-state index contributed by atoms with van der Waals surface area (Å²) in [6.07, 6.45) is 0. The Bertz CT molecular complexity index is 666. The molecule has 1 aliphatic heterocycles. The molecule has 0 aliphatic carbocycles. The van der Waals surface area contributed by atoms with E-state index in [2.05, 4.69) is 36.9 Å². The zero-order chi connectivity index (χ0) is 15.5. The van der Waals surface area contributed by atoms with E-state index in [0.29, 0.717) is 6.54 Å². The van der Waals surface area contributed by atoms with Crippen LogP contribution in [-0.2, 0) is 11.3 Å². The molecule has 0 unspecified atom stereocenters. The third-order valence-corrected chi connectivity index (χ3v) is 4.27. The maximum absolute atomic E-state index is 12.4. The molecule has 3 nitrogen and oxygen atoms in total. The SMILES string of the molecule is Cc1ccc(C)c(CN2CCN(c3ccccc3)C(=O)C2)c1. The fourth-order valence-corrected chi connectivity index (χ4v) is 2.95. The molecule has 1 amide bonds. The van der Waals surface area contributed by atoms with Crippen molar-refractivity contribution in [2.75, 3.05) is 24.5 Å². The van der Waals surface area contributed by atoms with E-state index in [1.54, 1.807) is 0 Å². The van der Waals surface area contributed by atoms with E-state index in [0.717, 1.165) is 25.3 Å². The summed E-state index contributed by atoms with van der Waals surface area (Å²) >= 11 is 0. The molecule has 0 spiro atoms. The van der Waals surface area contributed by atoms with Gasteiger partial charge in [0.2, 0.25) is 5.91 Å². The van der Waals surface area contributed by atoms with E-state index in [9.17, 15) is 4.79 Å². The summed E-state index contributed by atoms with van der Waals surface area (Å²) in [5, 5.41) is 0. The minimum Gasteiger partial charge on any atom is -0.310 e. The monoisotopic (exact) mass is 294 g/mol. The standard InChI is InChI=1S/C19H22N2O/c1-15-8-9-16(2)17(12-15)13-20-10-11-21(19(22)14-20)18-6-4-3-5-7-18/h3-9,12H,10-11,13-14H2,1-2H3. The smallest absolute Gasteiger partial charge is 0.241 e. The number of para-hydroxylation sites is 1. The van der Waals surface area contributed by atoms with Crippen LogP contribution in [0.4, 0.5) is 5.69 Å². The van der Waals surface area contributed by atoms with Crippen LogP contribution in [0.2, 0.25) is 0 Å². The molecule has 0 atom stereocenters. The number of amides is 1. The van der Waals surface area contributed by atoms with Gasteiger partial charge in [0.15, 0.2) is 0 Å². The predicted molar refractivity (Wildman–Crippen MR) is 90.0 cm³/mol. The van der Waals surface area contributed by atoms with Crippen LogP contribution in [0.3, 0.4) is 0 Å². The highest BCUT2D eigenvalue weighted by Crippen LogP contribution is 2.19. The first-order valence-corrected chi connectivity index (χ1v) is 7.77. The van der Waals surface area contributed by atoms with E-state index in [-0.39, 0.29) is 5.91 Å². The van der Waals surface area contributed by atoms with Crippen LogP contribution in [0.25, 0.3) is 0 Å². The third kappa shape index (κ3) is 3.20. The topological polar surface area (TPSA) is 23.6 Å². The van der Waals surface area contributed by atoms with Crippen molar-refractivity contribution < 1.29 is 4.79 Å². The molecule has 22 heavy (non-hydrogen) atoms. The maximum atomic E-state index is 12.4. The number of hydrogen-bond acceptors (Lipinski definition) is 2. The van der Waals surface area contributed by atoms with Gasteiger partial charge in [0.1, 0.15) is 0 Å². The number of carbonyl (C=O) groups is 1. The number of nitrogens with zero attached hydrogens (tertiary/aromatic N) is 2. The summed E-state index contributed by atoms with van der Waals surface area (Å²) in [4.78, 5) is 16.6. The number of benzene rings is 2. The Morgan fingerprint density at radius 3 is 2.50 bits per heavy atom. The molecule has 1 saturated heterocycles. The molecule has 2 aromatic carbocycles. The molecule has 0 N–H and O–H groups in total. The molecule has 3 rings (SSSR count). The second-order valence-corrected chi connectivity index (χ2v) is 6.02. The summed E-state index contributed by atoms with van der Waals surface area (Å²) in [6.45, 7) is 7.25. The van der Waals surface area contributed by atoms with E-state index in [1.165, 1.54) is 16.7 Å². The average Bonchev–Trinajstić information content (AvgIpc) is 2.52. The summed E-state index contributed by atoms with van der Waals surface area (Å²) in [5.41, 5.74) is 4.89. The molecule has 0 saturated carbocycles. The number of hydrogen-bond donors (Lipinski definition) is 0. The molecule has 1 aliphatic rings. The predicted octanol–water partition coefficient (Wildman–Crippen LogP) is 3.15. The number of carbonyl (C=O) groups excluding carboxylic acids is 1. The fourth-order valence-electron chi connectivity index (χ4n) is 2.95. The van der Waals surface area contributed by atoms with Gasteiger partial charge in [0.25, 0.3) is 0 Å². The Morgan fingerprint density at radius 1 is 1.00 bits per heavy atom. The van der Waals surface area contributed by atoms with Crippen LogP contribution in [0.1, 0.15) is 16.7 Å². The molecular formula is C19H22N2O. The normalized spacial score (nSPS) is 16.1. The lowest BCUT2D eigenvalue weighted by Crippen LogP contribution is -2.50. The Morgan fingerprint density at radius 2 is 1.77 bits per heavy atom. The molecule has 0 bridgehead atoms. The Labute approximate surface area is 132 Å². The van der Waals surface area contributed by atoms with Crippen molar-refractivity contribution in [1.82, 2.24) is 4.90 Å². The Balaban J connectivity index is 1.68. The van der Waals surface area contributed by atoms with Gasteiger partial charge in [-0.05, 0) is 37.1 Å². The summed E-state index contributed by atoms with van der Waals surface area (Å²) in [7, 11) is 0. The molecular weight excluding hydrogens is 272 g/mol. The van der Waals surface area contributed by atoms with Crippen LogP contribution in [0, 0.1) is 13.8 Å². The minimum atomic E-state index is 0.183. The molecule has 1 fully saturated rings. The summed E-state index contributed by atoms with van der Waals surface area (Å²) < 4.78 is 0. The second-order valence-electron chi connectivity index (χ2n) is 6.02. The van der Waals surface area contributed by atoms with Crippen molar-refractivity contribution >= 4 is 11.6 Å². The van der Waals surface area contributed by atoms with Crippen LogP contribution >= 0.6 is 0 Å². The molecule has 0 aromatic heterocycles. The lowest BCUT2D eigenvalue weighted by Gasteiger charge is -2.34. The van der Waals surface area contributed by atoms with Crippen molar-refractivity contribution in [2.45, 2.75) is 20.4 Å². The van der Waals surface area contributed by atoms with Gasteiger partial charge in [-0.15, -0.1) is 0 Å². The van der Waals surface area contributed by atoms with Gasteiger partial charge in [-0.3, -0.25) is 9.69 Å². The van der Waals surface area contributed by atoms with Crippen molar-refractivity contribution in [3.8, 4) is 0 Å². The summed E-state index contributed by atoms with van der Waals surface area (Å²) in [6, 6.07) is 16.4. The van der Waals surface area contributed by atoms with Crippen LogP contribution in [0.15, 0.2) is 48.5 Å². The molecule has 114 valence electrons. The highest BCUT2D eigenvalue weighted by atomic mass is 16.2. The van der Waals surface area contributed by atoms with Crippen LogP contribution in [0.5, 0.6) is 0 Å². The molecule has 2 aromatic rings.